The van der Waals surface area contributed by atoms with Crippen LogP contribution >= 0.6 is 0 Å². The Morgan fingerprint density at radius 1 is 1.15 bits per heavy atom. The van der Waals surface area contributed by atoms with Crippen molar-refractivity contribution >= 4 is 0 Å². The number of nitrogens with zero attached hydrogens (tertiary/aromatic N) is 2. The second-order valence-corrected chi connectivity index (χ2v) is 3.80. The van der Waals surface area contributed by atoms with Gasteiger partial charge in [0.05, 0.1) is 0 Å². The zero-order chi connectivity index (χ0) is 9.84. The highest BCUT2D eigenvalue weighted by molar-refractivity contribution is 5.09. The first-order valence-corrected chi connectivity index (χ1v) is 4.63. The molecule has 0 saturated heterocycles. The van der Waals surface area contributed by atoms with E-state index in [1.807, 2.05) is 0 Å². The molecule has 0 bridgehead atoms. The van der Waals surface area contributed by atoms with Gasteiger partial charge in [0.15, 0.2) is 0 Å². The topological polar surface area (TPSA) is 51.8 Å². The highest BCUT2D eigenvalue weighted by atomic mass is 14.8. The van der Waals surface area contributed by atoms with Crippen molar-refractivity contribution < 1.29 is 0 Å². The third-order valence-corrected chi connectivity index (χ3v) is 2.58. The SMILES string of the molecule is CC(C)C(C)C(N)c1cncnc1. The van der Waals surface area contributed by atoms with Gasteiger partial charge in [0.2, 0.25) is 0 Å². The molecule has 1 heterocycles. The van der Waals surface area contributed by atoms with Crippen LogP contribution in [0.2, 0.25) is 0 Å². The van der Waals surface area contributed by atoms with Crippen molar-refractivity contribution in [2.24, 2.45) is 17.6 Å². The van der Waals surface area contributed by atoms with E-state index in [1.54, 1.807) is 12.4 Å². The van der Waals surface area contributed by atoms with E-state index in [2.05, 4.69) is 30.7 Å². The Morgan fingerprint density at radius 3 is 2.15 bits per heavy atom. The molecule has 13 heavy (non-hydrogen) atoms. The Labute approximate surface area is 79.4 Å². The summed E-state index contributed by atoms with van der Waals surface area (Å²) >= 11 is 0. The lowest BCUT2D eigenvalue weighted by atomic mass is 9.88. The number of hydrogen-bond donors (Lipinski definition) is 1. The maximum atomic E-state index is 6.06. The van der Waals surface area contributed by atoms with Gasteiger partial charge in [0.25, 0.3) is 0 Å². The van der Waals surface area contributed by atoms with Gasteiger partial charge in [0, 0.05) is 24.0 Å². The maximum absolute atomic E-state index is 6.06. The van der Waals surface area contributed by atoms with E-state index in [0.29, 0.717) is 11.8 Å². The zero-order valence-electron chi connectivity index (χ0n) is 8.44. The molecule has 2 N–H and O–H groups in total. The minimum Gasteiger partial charge on any atom is -0.324 e. The summed E-state index contributed by atoms with van der Waals surface area (Å²) in [4.78, 5) is 7.91. The standard InChI is InChI=1S/C10H17N3/c1-7(2)8(3)10(11)9-4-12-6-13-5-9/h4-8,10H,11H2,1-3H3. The lowest BCUT2D eigenvalue weighted by Crippen LogP contribution is -2.23. The summed E-state index contributed by atoms with van der Waals surface area (Å²) in [5.74, 6) is 1.03. The summed E-state index contributed by atoms with van der Waals surface area (Å²) in [6, 6.07) is 0.0428. The molecular weight excluding hydrogens is 162 g/mol. The third kappa shape index (κ3) is 2.49. The van der Waals surface area contributed by atoms with E-state index >= 15 is 0 Å². The van der Waals surface area contributed by atoms with Crippen molar-refractivity contribution in [1.29, 1.82) is 0 Å². The quantitative estimate of drug-likeness (QED) is 0.769. The second-order valence-electron chi connectivity index (χ2n) is 3.80. The average Bonchev–Trinajstić information content (AvgIpc) is 2.17. The van der Waals surface area contributed by atoms with Crippen LogP contribution in [-0.4, -0.2) is 9.97 Å². The number of nitrogens with two attached hydrogens (primary N) is 1. The number of aromatic nitrogens is 2. The molecule has 0 amide bonds. The van der Waals surface area contributed by atoms with Gasteiger partial charge in [-0.2, -0.15) is 0 Å². The van der Waals surface area contributed by atoms with Crippen LogP contribution in [0.4, 0.5) is 0 Å². The van der Waals surface area contributed by atoms with Crippen molar-refractivity contribution in [3.05, 3.63) is 24.3 Å². The molecule has 0 spiro atoms. The van der Waals surface area contributed by atoms with Gasteiger partial charge < -0.3 is 5.73 Å². The van der Waals surface area contributed by atoms with Gasteiger partial charge in [0.1, 0.15) is 6.33 Å². The van der Waals surface area contributed by atoms with Gasteiger partial charge in [-0.3, -0.25) is 0 Å². The fraction of sp³-hybridized carbons (Fsp3) is 0.600. The van der Waals surface area contributed by atoms with Gasteiger partial charge in [-0.25, -0.2) is 9.97 Å². The van der Waals surface area contributed by atoms with Crippen molar-refractivity contribution in [2.75, 3.05) is 0 Å². The highest BCUT2D eigenvalue weighted by Gasteiger charge is 2.17. The second kappa shape index (κ2) is 4.33. The molecule has 0 aliphatic heterocycles. The monoisotopic (exact) mass is 179 g/mol. The van der Waals surface area contributed by atoms with E-state index in [1.165, 1.54) is 6.33 Å². The van der Waals surface area contributed by atoms with Crippen LogP contribution in [0.3, 0.4) is 0 Å². The van der Waals surface area contributed by atoms with Gasteiger partial charge in [-0.15, -0.1) is 0 Å². The van der Waals surface area contributed by atoms with E-state index < -0.39 is 0 Å². The number of hydrogen-bond acceptors (Lipinski definition) is 3. The number of rotatable bonds is 3. The van der Waals surface area contributed by atoms with Gasteiger partial charge >= 0.3 is 0 Å². The summed E-state index contributed by atoms with van der Waals surface area (Å²) in [7, 11) is 0. The maximum Gasteiger partial charge on any atom is 0.115 e. The molecule has 2 atom stereocenters. The normalized spacial score (nSPS) is 15.8. The van der Waals surface area contributed by atoms with Crippen molar-refractivity contribution in [2.45, 2.75) is 26.8 Å². The van der Waals surface area contributed by atoms with Crippen LogP contribution in [0, 0.1) is 11.8 Å². The predicted molar refractivity (Wildman–Crippen MR) is 53.0 cm³/mol. The van der Waals surface area contributed by atoms with Crippen LogP contribution in [0.15, 0.2) is 18.7 Å². The van der Waals surface area contributed by atoms with Crippen LogP contribution in [0.1, 0.15) is 32.4 Å². The lowest BCUT2D eigenvalue weighted by molar-refractivity contribution is 0.351. The smallest absolute Gasteiger partial charge is 0.115 e. The van der Waals surface area contributed by atoms with Crippen LogP contribution in [0.25, 0.3) is 0 Å². The average molecular weight is 179 g/mol. The largest absolute Gasteiger partial charge is 0.324 e. The molecule has 2 unspecified atom stereocenters. The minimum absolute atomic E-state index is 0.0428. The fourth-order valence-electron chi connectivity index (χ4n) is 1.20. The van der Waals surface area contributed by atoms with E-state index in [9.17, 15) is 0 Å². The van der Waals surface area contributed by atoms with Gasteiger partial charge in [-0.05, 0) is 11.8 Å². The Hall–Kier alpha value is -0.960. The lowest BCUT2D eigenvalue weighted by Gasteiger charge is -2.22. The van der Waals surface area contributed by atoms with Crippen molar-refractivity contribution in [3.63, 3.8) is 0 Å². The van der Waals surface area contributed by atoms with Crippen LogP contribution < -0.4 is 5.73 Å². The Balaban J connectivity index is 2.73. The summed E-state index contributed by atoms with van der Waals surface area (Å²) in [6.07, 6.45) is 5.10. The first-order valence-electron chi connectivity index (χ1n) is 4.63. The Morgan fingerprint density at radius 2 is 1.69 bits per heavy atom. The summed E-state index contributed by atoms with van der Waals surface area (Å²) < 4.78 is 0. The van der Waals surface area contributed by atoms with E-state index in [4.69, 9.17) is 5.73 Å². The molecule has 1 aromatic rings. The molecule has 72 valence electrons. The molecular formula is C10H17N3. The van der Waals surface area contributed by atoms with Crippen molar-refractivity contribution in [1.82, 2.24) is 9.97 Å². The molecule has 1 aromatic heterocycles. The van der Waals surface area contributed by atoms with E-state index in [0.717, 1.165) is 5.56 Å². The molecule has 0 aliphatic rings. The molecule has 0 fully saturated rings. The molecule has 0 radical (unpaired) electrons. The Kier molecular flexibility index (Phi) is 3.37. The fourth-order valence-corrected chi connectivity index (χ4v) is 1.20. The predicted octanol–water partition coefficient (Wildman–Crippen LogP) is 1.77. The minimum atomic E-state index is 0.0428. The molecule has 3 nitrogen and oxygen atoms in total. The van der Waals surface area contributed by atoms with Crippen LogP contribution in [0.5, 0.6) is 0 Å². The molecule has 3 heteroatoms. The van der Waals surface area contributed by atoms with E-state index in [-0.39, 0.29) is 6.04 Å². The zero-order valence-corrected chi connectivity index (χ0v) is 8.44. The Bertz CT molecular complexity index is 246. The summed E-state index contributed by atoms with van der Waals surface area (Å²) in [5.41, 5.74) is 7.08. The van der Waals surface area contributed by atoms with Crippen molar-refractivity contribution in [3.8, 4) is 0 Å². The summed E-state index contributed by atoms with van der Waals surface area (Å²) in [5, 5.41) is 0. The molecule has 0 saturated carbocycles. The highest BCUT2D eigenvalue weighted by Crippen LogP contribution is 2.23. The molecule has 0 aliphatic carbocycles. The molecule has 1 rings (SSSR count). The van der Waals surface area contributed by atoms with Crippen LogP contribution in [-0.2, 0) is 0 Å². The first kappa shape index (κ1) is 10.1. The molecule has 0 aromatic carbocycles. The summed E-state index contributed by atoms with van der Waals surface area (Å²) in [6.45, 7) is 6.50. The van der Waals surface area contributed by atoms with Gasteiger partial charge in [-0.1, -0.05) is 20.8 Å². The first-order chi connectivity index (χ1) is 6.13. The third-order valence-electron chi connectivity index (χ3n) is 2.58.